The second-order valence-electron chi connectivity index (χ2n) is 6.38. The van der Waals surface area contributed by atoms with Crippen LogP contribution in [-0.2, 0) is 19.4 Å². The predicted octanol–water partition coefficient (Wildman–Crippen LogP) is 5.84. The van der Waals surface area contributed by atoms with E-state index < -0.39 is 0 Å². The number of hydrogen-bond acceptors (Lipinski definition) is 2. The lowest BCUT2D eigenvalue weighted by molar-refractivity contribution is 0.300. The maximum atomic E-state index is 6.13. The molecule has 0 aliphatic rings. The minimum absolute atomic E-state index is 0.547. The maximum absolute atomic E-state index is 6.13. The van der Waals surface area contributed by atoms with Crippen LogP contribution in [0.1, 0.15) is 30.0 Å². The van der Waals surface area contributed by atoms with Crippen molar-refractivity contribution in [3.63, 3.8) is 0 Å². The van der Waals surface area contributed by atoms with Crippen LogP contribution in [0.2, 0.25) is 0 Å². The first-order valence-electron chi connectivity index (χ1n) is 9.31. The van der Waals surface area contributed by atoms with Crippen molar-refractivity contribution in [3.8, 4) is 11.5 Å². The zero-order chi connectivity index (χ0) is 18.0. The molecule has 0 radical (unpaired) electrons. The van der Waals surface area contributed by atoms with E-state index in [1.165, 1.54) is 11.1 Å². The molecule has 0 aromatic heterocycles. The molecule has 26 heavy (non-hydrogen) atoms. The monoisotopic (exact) mass is 346 g/mol. The average molecular weight is 346 g/mol. The van der Waals surface area contributed by atoms with Gasteiger partial charge in [-0.25, -0.2) is 0 Å². The summed E-state index contributed by atoms with van der Waals surface area (Å²) < 4.78 is 12.0. The summed E-state index contributed by atoms with van der Waals surface area (Å²) in [4.78, 5) is 0. The lowest BCUT2D eigenvalue weighted by Gasteiger charge is -2.14. The summed E-state index contributed by atoms with van der Waals surface area (Å²) in [7, 11) is 0. The second-order valence-corrected chi connectivity index (χ2v) is 6.38. The molecule has 3 aromatic rings. The van der Waals surface area contributed by atoms with Gasteiger partial charge in [0, 0.05) is 6.42 Å². The van der Waals surface area contributed by atoms with E-state index in [1.807, 2.05) is 36.4 Å². The first-order chi connectivity index (χ1) is 12.8. The normalized spacial score (nSPS) is 10.5. The van der Waals surface area contributed by atoms with E-state index >= 15 is 0 Å². The summed E-state index contributed by atoms with van der Waals surface area (Å²) in [6.07, 6.45) is 3.05. The minimum Gasteiger partial charge on any atom is -0.493 e. The van der Waals surface area contributed by atoms with Crippen LogP contribution in [-0.4, -0.2) is 6.61 Å². The van der Waals surface area contributed by atoms with Crippen LogP contribution < -0.4 is 9.47 Å². The first-order valence-corrected chi connectivity index (χ1v) is 9.31. The molecule has 0 spiro atoms. The van der Waals surface area contributed by atoms with Gasteiger partial charge in [0.25, 0.3) is 0 Å². The Bertz CT molecular complexity index is 782. The standard InChI is InChI=1S/C24H26O2/c1-2-9-22-15-14-21(19-26-23-12-7-4-8-13-23)18-24(22)25-17-16-20-10-5-3-6-11-20/h3-8,10-15,18H,2,9,16-17,19H2,1H3. The van der Waals surface area contributed by atoms with Gasteiger partial charge in [-0.15, -0.1) is 0 Å². The molecule has 134 valence electrons. The summed E-state index contributed by atoms with van der Waals surface area (Å²) >= 11 is 0. The van der Waals surface area contributed by atoms with Crippen LogP contribution in [0.3, 0.4) is 0 Å². The van der Waals surface area contributed by atoms with Crippen molar-refractivity contribution >= 4 is 0 Å². The molecular formula is C24H26O2. The number of rotatable bonds is 9. The van der Waals surface area contributed by atoms with Crippen molar-refractivity contribution in [2.75, 3.05) is 6.61 Å². The molecule has 0 unspecified atom stereocenters. The molecule has 0 amide bonds. The van der Waals surface area contributed by atoms with Crippen molar-refractivity contribution in [2.24, 2.45) is 0 Å². The lowest BCUT2D eigenvalue weighted by atomic mass is 10.1. The van der Waals surface area contributed by atoms with E-state index in [-0.39, 0.29) is 0 Å². The zero-order valence-corrected chi connectivity index (χ0v) is 15.4. The van der Waals surface area contributed by atoms with Gasteiger partial charge in [-0.05, 0) is 41.3 Å². The Balaban J connectivity index is 1.63. The largest absolute Gasteiger partial charge is 0.493 e. The van der Waals surface area contributed by atoms with Gasteiger partial charge in [-0.3, -0.25) is 0 Å². The second kappa shape index (κ2) is 9.67. The first kappa shape index (κ1) is 18.1. The van der Waals surface area contributed by atoms with Crippen LogP contribution in [0.25, 0.3) is 0 Å². The fourth-order valence-electron chi connectivity index (χ4n) is 2.91. The highest BCUT2D eigenvalue weighted by molar-refractivity contribution is 5.38. The Labute approximate surface area is 156 Å². The van der Waals surface area contributed by atoms with Crippen LogP contribution >= 0.6 is 0 Å². The topological polar surface area (TPSA) is 18.5 Å². The molecule has 0 N–H and O–H groups in total. The van der Waals surface area contributed by atoms with Gasteiger partial charge in [-0.1, -0.05) is 74.0 Å². The lowest BCUT2D eigenvalue weighted by Crippen LogP contribution is -2.05. The third kappa shape index (κ3) is 5.38. The van der Waals surface area contributed by atoms with Gasteiger partial charge >= 0.3 is 0 Å². The summed E-state index contributed by atoms with van der Waals surface area (Å²) in [5.74, 6) is 1.87. The number of ether oxygens (including phenoxy) is 2. The van der Waals surface area contributed by atoms with E-state index in [4.69, 9.17) is 9.47 Å². The number of aryl methyl sites for hydroxylation is 1. The highest BCUT2D eigenvalue weighted by atomic mass is 16.5. The molecule has 3 aromatic carbocycles. The van der Waals surface area contributed by atoms with Crippen molar-refractivity contribution in [3.05, 3.63) is 95.6 Å². The molecule has 0 saturated carbocycles. The van der Waals surface area contributed by atoms with Crippen molar-refractivity contribution < 1.29 is 9.47 Å². The van der Waals surface area contributed by atoms with Crippen molar-refractivity contribution in [1.82, 2.24) is 0 Å². The van der Waals surface area contributed by atoms with Gasteiger partial charge < -0.3 is 9.47 Å². The third-order valence-corrected chi connectivity index (χ3v) is 4.29. The molecule has 0 aliphatic carbocycles. The van der Waals surface area contributed by atoms with Gasteiger partial charge in [0.15, 0.2) is 0 Å². The highest BCUT2D eigenvalue weighted by Crippen LogP contribution is 2.23. The minimum atomic E-state index is 0.547. The summed E-state index contributed by atoms with van der Waals surface area (Å²) in [5, 5.41) is 0. The highest BCUT2D eigenvalue weighted by Gasteiger charge is 2.06. The van der Waals surface area contributed by atoms with E-state index in [2.05, 4.69) is 49.4 Å². The van der Waals surface area contributed by atoms with Crippen LogP contribution in [0, 0.1) is 0 Å². The van der Waals surface area contributed by atoms with Crippen LogP contribution in [0.15, 0.2) is 78.9 Å². The van der Waals surface area contributed by atoms with E-state index in [0.717, 1.165) is 36.3 Å². The quantitative estimate of drug-likeness (QED) is 0.484. The van der Waals surface area contributed by atoms with Gasteiger partial charge in [-0.2, -0.15) is 0 Å². The molecule has 0 saturated heterocycles. The predicted molar refractivity (Wildman–Crippen MR) is 107 cm³/mol. The molecule has 2 heteroatoms. The fraction of sp³-hybridized carbons (Fsp3) is 0.250. The van der Waals surface area contributed by atoms with E-state index in [9.17, 15) is 0 Å². The van der Waals surface area contributed by atoms with E-state index in [1.54, 1.807) is 0 Å². The van der Waals surface area contributed by atoms with Crippen LogP contribution in [0.4, 0.5) is 0 Å². The Morgan fingerprint density at radius 2 is 1.42 bits per heavy atom. The molecule has 2 nitrogen and oxygen atoms in total. The van der Waals surface area contributed by atoms with Gasteiger partial charge in [0.05, 0.1) is 6.61 Å². The zero-order valence-electron chi connectivity index (χ0n) is 15.4. The molecule has 0 bridgehead atoms. The molecular weight excluding hydrogens is 320 g/mol. The summed E-state index contributed by atoms with van der Waals surface area (Å²) in [5.41, 5.74) is 3.69. The third-order valence-electron chi connectivity index (χ3n) is 4.29. The summed E-state index contributed by atoms with van der Waals surface area (Å²) in [6.45, 7) is 3.43. The smallest absolute Gasteiger partial charge is 0.122 e. The summed E-state index contributed by atoms with van der Waals surface area (Å²) in [6, 6.07) is 26.8. The van der Waals surface area contributed by atoms with Crippen molar-refractivity contribution in [2.45, 2.75) is 32.8 Å². The number of benzene rings is 3. The molecule has 3 rings (SSSR count). The Kier molecular flexibility index (Phi) is 6.72. The fourth-order valence-corrected chi connectivity index (χ4v) is 2.91. The number of para-hydroxylation sites is 1. The molecule has 0 heterocycles. The van der Waals surface area contributed by atoms with Crippen LogP contribution in [0.5, 0.6) is 11.5 Å². The molecule has 0 atom stereocenters. The Hall–Kier alpha value is -2.74. The number of hydrogen-bond donors (Lipinski definition) is 0. The Morgan fingerprint density at radius 3 is 2.15 bits per heavy atom. The maximum Gasteiger partial charge on any atom is 0.122 e. The Morgan fingerprint density at radius 1 is 0.692 bits per heavy atom. The average Bonchev–Trinajstić information content (AvgIpc) is 2.70. The SMILES string of the molecule is CCCc1ccc(COc2ccccc2)cc1OCCc1ccccc1. The van der Waals surface area contributed by atoms with Crippen molar-refractivity contribution in [1.29, 1.82) is 0 Å². The van der Waals surface area contributed by atoms with Gasteiger partial charge in [0.2, 0.25) is 0 Å². The molecule has 0 aliphatic heterocycles. The molecule has 0 fully saturated rings. The van der Waals surface area contributed by atoms with Gasteiger partial charge in [0.1, 0.15) is 18.1 Å². The van der Waals surface area contributed by atoms with E-state index in [0.29, 0.717) is 13.2 Å².